The van der Waals surface area contributed by atoms with Crippen molar-refractivity contribution in [2.24, 2.45) is 17.6 Å². The largest absolute Gasteiger partial charge is 0.350 e. The summed E-state index contributed by atoms with van der Waals surface area (Å²) in [6.45, 7) is 0.737. The van der Waals surface area contributed by atoms with Crippen molar-refractivity contribution in [1.29, 1.82) is 0 Å². The summed E-state index contributed by atoms with van der Waals surface area (Å²) in [6, 6.07) is 0.371. The Hall–Kier alpha value is 0.310. The number of hydrogen-bond donors (Lipinski definition) is 2. The van der Waals surface area contributed by atoms with Gasteiger partial charge < -0.3 is 15.2 Å². The Morgan fingerprint density at radius 2 is 1.93 bits per heavy atom. The van der Waals surface area contributed by atoms with Gasteiger partial charge in [0.15, 0.2) is 8.38 Å². The average molecular weight is 231 g/mol. The molecule has 3 N–H and O–H groups in total. The van der Waals surface area contributed by atoms with Crippen LogP contribution in [0.25, 0.3) is 0 Å². The van der Waals surface area contributed by atoms with E-state index >= 15 is 0 Å². The van der Waals surface area contributed by atoms with Gasteiger partial charge in [-0.15, -0.1) is 0 Å². The van der Waals surface area contributed by atoms with E-state index in [0.717, 1.165) is 19.2 Å². The first-order valence-corrected chi connectivity index (χ1v) is 7.52. The molecule has 0 bridgehead atoms. The minimum Gasteiger partial charge on any atom is -0.350 e. The molecule has 88 valence electrons. The summed E-state index contributed by atoms with van der Waals surface area (Å²) in [5.74, 6) is 1.24. The topological polar surface area (TPSA) is 55.5 Å². The summed E-state index contributed by atoms with van der Waals surface area (Å²) in [6.07, 6.45) is 8.20. The van der Waals surface area contributed by atoms with E-state index in [4.69, 9.17) is 10.3 Å². The Balaban J connectivity index is 1.90. The Kier molecular flexibility index (Phi) is 4.39. The number of nitrogens with two attached hydrogens (primary N) is 1. The zero-order valence-electron chi connectivity index (χ0n) is 9.27. The van der Waals surface area contributed by atoms with Crippen LogP contribution in [0.4, 0.5) is 0 Å². The molecule has 1 unspecified atom stereocenters. The summed E-state index contributed by atoms with van der Waals surface area (Å²) in [7, 11) is -1.12. The van der Waals surface area contributed by atoms with Gasteiger partial charge in [-0.2, -0.15) is 0 Å². The van der Waals surface area contributed by atoms with Crippen molar-refractivity contribution in [2.45, 2.75) is 44.6 Å². The normalized spacial score (nSPS) is 43.6. The van der Waals surface area contributed by atoms with Crippen molar-refractivity contribution in [3.05, 3.63) is 0 Å². The van der Waals surface area contributed by atoms with Crippen LogP contribution in [0.5, 0.6) is 0 Å². The molecule has 4 heteroatoms. The minimum atomic E-state index is -1.12. The van der Waals surface area contributed by atoms with Gasteiger partial charge in [0.2, 0.25) is 0 Å². The SMILES string of the molecule is N[C@@H]1CCCC[C@@H]1[C@@H]1CCCP(O)OC1. The van der Waals surface area contributed by atoms with Gasteiger partial charge in [-0.25, -0.2) is 0 Å². The van der Waals surface area contributed by atoms with Crippen LogP contribution in [0.15, 0.2) is 0 Å². The maximum Gasteiger partial charge on any atom is 0.167 e. The van der Waals surface area contributed by atoms with E-state index in [1.807, 2.05) is 0 Å². The van der Waals surface area contributed by atoms with Crippen LogP contribution in [0.1, 0.15) is 38.5 Å². The molecule has 0 spiro atoms. The highest BCUT2D eigenvalue weighted by atomic mass is 31.2. The Labute approximate surface area is 93.3 Å². The average Bonchev–Trinajstić information content (AvgIpc) is 2.44. The molecule has 4 atom stereocenters. The third-order valence-electron chi connectivity index (χ3n) is 3.84. The molecule has 1 aliphatic carbocycles. The van der Waals surface area contributed by atoms with Crippen LogP contribution in [0.3, 0.4) is 0 Å². The van der Waals surface area contributed by atoms with Gasteiger partial charge in [-0.05, 0) is 37.5 Å². The second-order valence-electron chi connectivity index (χ2n) is 4.89. The van der Waals surface area contributed by atoms with E-state index in [-0.39, 0.29) is 0 Å². The van der Waals surface area contributed by atoms with E-state index in [2.05, 4.69) is 0 Å². The van der Waals surface area contributed by atoms with Crippen molar-refractivity contribution < 1.29 is 9.42 Å². The maximum atomic E-state index is 9.48. The van der Waals surface area contributed by atoms with Gasteiger partial charge in [0, 0.05) is 12.2 Å². The molecule has 0 aromatic carbocycles. The molecule has 0 aromatic rings. The monoisotopic (exact) mass is 231 g/mol. The third kappa shape index (κ3) is 3.13. The lowest BCUT2D eigenvalue weighted by Gasteiger charge is -2.34. The summed E-state index contributed by atoms with van der Waals surface area (Å²) in [5, 5.41) is 0. The summed E-state index contributed by atoms with van der Waals surface area (Å²) in [5.41, 5.74) is 6.18. The molecule has 1 heterocycles. The highest BCUT2D eigenvalue weighted by molar-refractivity contribution is 7.46. The zero-order valence-corrected chi connectivity index (χ0v) is 10.2. The lowest BCUT2D eigenvalue weighted by molar-refractivity contribution is 0.146. The van der Waals surface area contributed by atoms with E-state index in [1.165, 1.54) is 32.1 Å². The molecule has 2 fully saturated rings. The maximum absolute atomic E-state index is 9.48. The minimum absolute atomic E-state index is 0.371. The van der Waals surface area contributed by atoms with Crippen LogP contribution < -0.4 is 5.73 Å². The molecule has 2 aliphatic rings. The fraction of sp³-hybridized carbons (Fsp3) is 1.00. The molecule has 1 aliphatic heterocycles. The Bertz CT molecular complexity index is 203. The second kappa shape index (κ2) is 5.58. The molecule has 1 saturated heterocycles. The van der Waals surface area contributed by atoms with Crippen molar-refractivity contribution in [3.8, 4) is 0 Å². The summed E-state index contributed by atoms with van der Waals surface area (Å²) < 4.78 is 5.48. The molecule has 0 radical (unpaired) electrons. The number of hydrogen-bond acceptors (Lipinski definition) is 3. The van der Waals surface area contributed by atoms with E-state index in [0.29, 0.717) is 17.9 Å². The van der Waals surface area contributed by atoms with Crippen LogP contribution in [0.2, 0.25) is 0 Å². The highest BCUT2D eigenvalue weighted by Crippen LogP contribution is 2.41. The van der Waals surface area contributed by atoms with Crippen molar-refractivity contribution >= 4 is 8.38 Å². The van der Waals surface area contributed by atoms with Gasteiger partial charge >= 0.3 is 0 Å². The van der Waals surface area contributed by atoms with Gasteiger partial charge in [0.1, 0.15) is 0 Å². The fourth-order valence-electron chi connectivity index (χ4n) is 2.93. The van der Waals surface area contributed by atoms with E-state index in [9.17, 15) is 4.89 Å². The van der Waals surface area contributed by atoms with Gasteiger partial charge in [-0.1, -0.05) is 12.8 Å². The second-order valence-corrected chi connectivity index (χ2v) is 6.30. The van der Waals surface area contributed by atoms with Crippen molar-refractivity contribution in [1.82, 2.24) is 0 Å². The van der Waals surface area contributed by atoms with Crippen LogP contribution >= 0.6 is 8.38 Å². The summed E-state index contributed by atoms with van der Waals surface area (Å²) >= 11 is 0. The molecular weight excluding hydrogens is 209 g/mol. The Morgan fingerprint density at radius 3 is 2.73 bits per heavy atom. The first-order chi connectivity index (χ1) is 7.27. The third-order valence-corrected chi connectivity index (χ3v) is 4.99. The first-order valence-electron chi connectivity index (χ1n) is 6.12. The van der Waals surface area contributed by atoms with E-state index in [1.54, 1.807) is 0 Å². The van der Waals surface area contributed by atoms with Gasteiger partial charge in [0.05, 0.1) is 6.61 Å². The van der Waals surface area contributed by atoms with Crippen LogP contribution in [-0.2, 0) is 4.52 Å². The zero-order chi connectivity index (χ0) is 10.7. The lowest BCUT2D eigenvalue weighted by Crippen LogP contribution is -2.38. The lowest BCUT2D eigenvalue weighted by atomic mass is 9.75. The van der Waals surface area contributed by atoms with Crippen molar-refractivity contribution in [2.75, 3.05) is 12.8 Å². The molecular formula is C11H22NO2P. The molecule has 0 aromatic heterocycles. The molecule has 2 rings (SSSR count). The molecule has 15 heavy (non-hydrogen) atoms. The van der Waals surface area contributed by atoms with E-state index < -0.39 is 8.38 Å². The fourth-order valence-corrected chi connectivity index (χ4v) is 3.88. The molecule has 3 nitrogen and oxygen atoms in total. The first kappa shape index (κ1) is 11.8. The predicted octanol–water partition coefficient (Wildman–Crippen LogP) is 2.23. The summed E-state index contributed by atoms with van der Waals surface area (Å²) in [4.78, 5) is 9.48. The molecule has 0 amide bonds. The van der Waals surface area contributed by atoms with Crippen LogP contribution in [-0.4, -0.2) is 23.7 Å². The molecule has 1 saturated carbocycles. The smallest absolute Gasteiger partial charge is 0.167 e. The Morgan fingerprint density at radius 1 is 1.13 bits per heavy atom. The standard InChI is InChI=1S/C11H22NO2P/c12-11-6-2-1-5-10(11)9-4-3-7-15(13)14-8-9/h9-11,13H,1-8,12H2/t9-,10-,11-,15?/m1/s1. The quantitative estimate of drug-likeness (QED) is 0.680. The van der Waals surface area contributed by atoms with Gasteiger partial charge in [-0.3, -0.25) is 0 Å². The van der Waals surface area contributed by atoms with Gasteiger partial charge in [0.25, 0.3) is 0 Å². The predicted molar refractivity (Wildman–Crippen MR) is 62.6 cm³/mol. The number of rotatable bonds is 1. The van der Waals surface area contributed by atoms with Crippen molar-refractivity contribution in [3.63, 3.8) is 0 Å². The highest BCUT2D eigenvalue weighted by Gasteiger charge is 2.31. The van der Waals surface area contributed by atoms with Crippen LogP contribution in [0, 0.1) is 11.8 Å².